The maximum Gasteiger partial charge on any atom is 0.254 e. The molecule has 0 bridgehead atoms. The molecule has 2 atom stereocenters. The molecule has 0 aromatic carbocycles. The fourth-order valence-electron chi connectivity index (χ4n) is 2.68. The summed E-state index contributed by atoms with van der Waals surface area (Å²) in [7, 11) is 1.66. The average molecular weight is 295 g/mol. The Morgan fingerprint density at radius 2 is 2.29 bits per heavy atom. The molecule has 0 radical (unpaired) electrons. The lowest BCUT2D eigenvalue weighted by molar-refractivity contribution is -0.0942. The number of ether oxygens (including phenoxy) is 1. The summed E-state index contributed by atoms with van der Waals surface area (Å²) in [6.45, 7) is 6.45. The zero-order valence-corrected chi connectivity index (χ0v) is 12.9. The maximum absolute atomic E-state index is 14.2. The Kier molecular flexibility index (Phi) is 4.46. The Hall–Kier alpha value is -1.69. The fourth-order valence-corrected chi connectivity index (χ4v) is 2.68. The number of carbonyl (C=O) groups is 1. The van der Waals surface area contributed by atoms with Gasteiger partial charge in [-0.3, -0.25) is 4.79 Å². The van der Waals surface area contributed by atoms with Crippen LogP contribution in [-0.2, 0) is 4.74 Å². The van der Waals surface area contributed by atoms with Gasteiger partial charge in [-0.15, -0.1) is 0 Å². The van der Waals surface area contributed by atoms with Gasteiger partial charge >= 0.3 is 0 Å². The van der Waals surface area contributed by atoms with Crippen LogP contribution in [0.2, 0.25) is 0 Å². The third-order valence-corrected chi connectivity index (χ3v) is 4.25. The van der Waals surface area contributed by atoms with Crippen LogP contribution in [0.5, 0.6) is 0 Å². The normalized spacial score (nSPS) is 23.3. The Labute approximate surface area is 124 Å². The third-order valence-electron chi connectivity index (χ3n) is 4.25. The van der Waals surface area contributed by atoms with Crippen molar-refractivity contribution in [3.05, 3.63) is 23.6 Å². The number of methoxy groups -OCH3 is 1. The van der Waals surface area contributed by atoms with Gasteiger partial charge in [0.15, 0.2) is 11.6 Å². The molecule has 2 rings (SSSR count). The van der Waals surface area contributed by atoms with Crippen LogP contribution in [0.1, 0.15) is 37.6 Å². The van der Waals surface area contributed by atoms with Crippen molar-refractivity contribution in [3.63, 3.8) is 0 Å². The SMILES string of the molecule is CCNc1nccc(C(=O)NC2CC(OC)C2(C)C)c1F. The van der Waals surface area contributed by atoms with Crippen molar-refractivity contribution >= 4 is 11.7 Å². The van der Waals surface area contributed by atoms with E-state index in [0.717, 1.165) is 6.42 Å². The highest BCUT2D eigenvalue weighted by molar-refractivity contribution is 5.95. The summed E-state index contributed by atoms with van der Waals surface area (Å²) in [6, 6.07) is 1.37. The van der Waals surface area contributed by atoms with Gasteiger partial charge in [0.25, 0.3) is 5.91 Å². The number of hydrogen-bond acceptors (Lipinski definition) is 4. The van der Waals surface area contributed by atoms with Crippen molar-refractivity contribution in [2.24, 2.45) is 5.41 Å². The van der Waals surface area contributed by atoms with Crippen molar-refractivity contribution < 1.29 is 13.9 Å². The number of amides is 1. The van der Waals surface area contributed by atoms with E-state index in [2.05, 4.69) is 15.6 Å². The van der Waals surface area contributed by atoms with E-state index >= 15 is 0 Å². The number of rotatable bonds is 5. The Balaban J connectivity index is 2.10. The number of halogens is 1. The molecule has 1 aliphatic carbocycles. The predicted molar refractivity (Wildman–Crippen MR) is 78.8 cm³/mol. The molecule has 5 nitrogen and oxygen atoms in total. The van der Waals surface area contributed by atoms with Gasteiger partial charge in [-0.05, 0) is 19.4 Å². The van der Waals surface area contributed by atoms with E-state index in [1.54, 1.807) is 7.11 Å². The van der Waals surface area contributed by atoms with Crippen LogP contribution in [0.25, 0.3) is 0 Å². The first kappa shape index (κ1) is 15.7. The summed E-state index contributed by atoms with van der Waals surface area (Å²) in [5.74, 6) is -0.924. The highest BCUT2D eigenvalue weighted by Gasteiger charge is 2.49. The van der Waals surface area contributed by atoms with Gasteiger partial charge in [-0.1, -0.05) is 13.8 Å². The minimum atomic E-state index is -0.614. The van der Waals surface area contributed by atoms with Gasteiger partial charge in [0.1, 0.15) is 0 Å². The molecule has 1 heterocycles. The first-order valence-corrected chi connectivity index (χ1v) is 7.13. The summed E-state index contributed by atoms with van der Waals surface area (Å²) >= 11 is 0. The van der Waals surface area contributed by atoms with E-state index in [1.807, 2.05) is 20.8 Å². The molecular weight excluding hydrogens is 273 g/mol. The van der Waals surface area contributed by atoms with Crippen molar-refractivity contribution in [2.75, 3.05) is 19.0 Å². The molecule has 2 unspecified atom stereocenters. The monoisotopic (exact) mass is 295 g/mol. The topological polar surface area (TPSA) is 63.2 Å². The quantitative estimate of drug-likeness (QED) is 0.874. The van der Waals surface area contributed by atoms with Gasteiger partial charge in [0.05, 0.1) is 11.7 Å². The smallest absolute Gasteiger partial charge is 0.254 e. The number of hydrogen-bond donors (Lipinski definition) is 2. The summed E-state index contributed by atoms with van der Waals surface area (Å²) in [4.78, 5) is 16.2. The van der Waals surface area contributed by atoms with Crippen molar-refractivity contribution in [1.82, 2.24) is 10.3 Å². The molecule has 1 aliphatic rings. The van der Waals surface area contributed by atoms with Crippen LogP contribution in [0.15, 0.2) is 12.3 Å². The predicted octanol–water partition coefficient (Wildman–Crippen LogP) is 2.20. The lowest BCUT2D eigenvalue weighted by atomic mass is 9.64. The molecule has 1 saturated carbocycles. The van der Waals surface area contributed by atoms with Crippen molar-refractivity contribution in [3.8, 4) is 0 Å². The molecule has 2 N–H and O–H groups in total. The van der Waals surface area contributed by atoms with Crippen LogP contribution >= 0.6 is 0 Å². The van der Waals surface area contributed by atoms with E-state index in [4.69, 9.17) is 4.74 Å². The fraction of sp³-hybridized carbons (Fsp3) is 0.600. The van der Waals surface area contributed by atoms with Crippen molar-refractivity contribution in [2.45, 2.75) is 39.3 Å². The summed E-state index contributed by atoms with van der Waals surface area (Å²) in [5.41, 5.74) is -0.143. The van der Waals surface area contributed by atoms with Gasteiger partial charge in [0, 0.05) is 31.3 Å². The second kappa shape index (κ2) is 5.97. The van der Waals surface area contributed by atoms with Gasteiger partial charge in [0.2, 0.25) is 0 Å². The average Bonchev–Trinajstić information content (AvgIpc) is 2.45. The zero-order valence-electron chi connectivity index (χ0n) is 12.9. The number of aromatic nitrogens is 1. The molecule has 0 saturated heterocycles. The highest BCUT2D eigenvalue weighted by atomic mass is 19.1. The van der Waals surface area contributed by atoms with Crippen LogP contribution in [0.4, 0.5) is 10.2 Å². The van der Waals surface area contributed by atoms with E-state index < -0.39 is 11.7 Å². The molecule has 0 aliphatic heterocycles. The van der Waals surface area contributed by atoms with Gasteiger partial charge < -0.3 is 15.4 Å². The molecule has 1 aromatic heterocycles. The second-order valence-corrected chi connectivity index (χ2v) is 5.86. The van der Waals surface area contributed by atoms with Gasteiger partial charge in [-0.2, -0.15) is 0 Å². The number of carbonyl (C=O) groups excluding carboxylic acids is 1. The number of anilines is 1. The van der Waals surface area contributed by atoms with E-state index in [9.17, 15) is 9.18 Å². The molecule has 6 heteroatoms. The molecule has 1 amide bonds. The molecular formula is C15H22FN3O2. The molecule has 116 valence electrons. The second-order valence-electron chi connectivity index (χ2n) is 5.86. The largest absolute Gasteiger partial charge is 0.381 e. The van der Waals surface area contributed by atoms with Crippen LogP contribution in [0.3, 0.4) is 0 Å². The number of pyridine rings is 1. The number of nitrogens with one attached hydrogen (secondary N) is 2. The van der Waals surface area contributed by atoms with E-state index in [1.165, 1.54) is 12.3 Å². The molecule has 0 spiro atoms. The minimum Gasteiger partial charge on any atom is -0.381 e. The lowest BCUT2D eigenvalue weighted by Crippen LogP contribution is -2.61. The third kappa shape index (κ3) is 2.85. The summed E-state index contributed by atoms with van der Waals surface area (Å²) in [6.07, 6.45) is 2.28. The van der Waals surface area contributed by atoms with Crippen molar-refractivity contribution in [1.29, 1.82) is 0 Å². The Bertz CT molecular complexity index is 534. The first-order valence-electron chi connectivity index (χ1n) is 7.13. The minimum absolute atomic E-state index is 0.0117. The standard InChI is InChI=1S/C15H22FN3O2/c1-5-17-13-12(16)9(6-7-18-13)14(20)19-10-8-11(21-4)15(10,2)3/h6-7,10-11H,5,8H2,1-4H3,(H,17,18)(H,19,20). The molecule has 21 heavy (non-hydrogen) atoms. The molecule has 1 fully saturated rings. The Morgan fingerprint density at radius 1 is 1.57 bits per heavy atom. The number of nitrogens with zero attached hydrogens (tertiary/aromatic N) is 1. The Morgan fingerprint density at radius 3 is 2.86 bits per heavy atom. The summed E-state index contributed by atoms with van der Waals surface area (Å²) in [5, 5.41) is 5.68. The van der Waals surface area contributed by atoms with Crippen LogP contribution < -0.4 is 10.6 Å². The maximum atomic E-state index is 14.2. The lowest BCUT2D eigenvalue weighted by Gasteiger charge is -2.51. The van der Waals surface area contributed by atoms with E-state index in [0.29, 0.717) is 6.54 Å². The van der Waals surface area contributed by atoms with Crippen LogP contribution in [-0.4, -0.2) is 36.7 Å². The molecule has 1 aromatic rings. The van der Waals surface area contributed by atoms with Crippen LogP contribution in [0, 0.1) is 11.2 Å². The van der Waals surface area contributed by atoms with Gasteiger partial charge in [-0.25, -0.2) is 9.37 Å². The zero-order chi connectivity index (χ0) is 15.6. The highest BCUT2D eigenvalue weighted by Crippen LogP contribution is 2.42. The van der Waals surface area contributed by atoms with E-state index in [-0.39, 0.29) is 28.9 Å². The first-order chi connectivity index (χ1) is 9.91. The summed E-state index contributed by atoms with van der Waals surface area (Å²) < 4.78 is 19.6.